The molecule has 1 aliphatic rings. The van der Waals surface area contributed by atoms with E-state index in [4.69, 9.17) is 37.8 Å². The lowest BCUT2D eigenvalue weighted by Crippen LogP contribution is -2.32. The Morgan fingerprint density at radius 3 is 2.16 bits per heavy atom. The highest BCUT2D eigenvalue weighted by Crippen LogP contribution is 2.30. The number of aromatic nitrogens is 2. The molecule has 1 saturated carbocycles. The molecule has 0 radical (unpaired) electrons. The number of hydrogen-bond donors (Lipinski definition) is 4. The maximum atomic E-state index is 12.6. The van der Waals surface area contributed by atoms with Crippen molar-refractivity contribution in [2.45, 2.75) is 36.8 Å². The van der Waals surface area contributed by atoms with Gasteiger partial charge >= 0.3 is 12.1 Å². The van der Waals surface area contributed by atoms with Crippen LogP contribution in [0.25, 0.3) is 10.9 Å². The second-order valence-electron chi connectivity index (χ2n) is 9.86. The van der Waals surface area contributed by atoms with Gasteiger partial charge in [0.1, 0.15) is 5.82 Å². The summed E-state index contributed by atoms with van der Waals surface area (Å²) in [5.74, 6) is -0.600. The fourth-order valence-electron chi connectivity index (χ4n) is 4.43. The van der Waals surface area contributed by atoms with Gasteiger partial charge in [0.25, 0.3) is 0 Å². The second-order valence-corrected chi connectivity index (χ2v) is 12.5. The Morgan fingerprint density at radius 1 is 1.00 bits per heavy atom. The van der Waals surface area contributed by atoms with E-state index in [9.17, 15) is 21.6 Å². The van der Waals surface area contributed by atoms with E-state index in [-0.39, 0.29) is 4.90 Å². The van der Waals surface area contributed by atoms with Crippen LogP contribution in [0.4, 0.5) is 24.9 Å². The minimum absolute atomic E-state index is 0.0874. The van der Waals surface area contributed by atoms with Gasteiger partial charge < -0.3 is 20.5 Å². The highest BCUT2D eigenvalue weighted by atomic mass is 35.5. The van der Waals surface area contributed by atoms with Crippen LogP contribution in [0.15, 0.2) is 47.4 Å². The van der Waals surface area contributed by atoms with E-state index < -0.39 is 22.2 Å². The molecular formula is C27H32Cl2F3N5O5S. The Hall–Kier alpha value is -2.91. The molecule has 2 aromatic carbocycles. The molecule has 236 valence electrons. The molecule has 16 heteroatoms. The minimum atomic E-state index is -5.08. The summed E-state index contributed by atoms with van der Waals surface area (Å²) in [6.45, 7) is 2.43. The van der Waals surface area contributed by atoms with Crippen LogP contribution in [-0.4, -0.2) is 69.0 Å². The van der Waals surface area contributed by atoms with Crippen LogP contribution in [-0.2, 0) is 19.6 Å². The van der Waals surface area contributed by atoms with E-state index in [1.165, 1.54) is 18.2 Å². The number of nitrogens with one attached hydrogen (secondary N) is 3. The molecule has 0 saturated heterocycles. The molecule has 43 heavy (non-hydrogen) atoms. The second kappa shape index (κ2) is 15.7. The number of anilines is 2. The molecule has 4 N–H and O–H groups in total. The zero-order valence-electron chi connectivity index (χ0n) is 23.1. The molecule has 1 aliphatic carbocycles. The highest BCUT2D eigenvalue weighted by molar-refractivity contribution is 7.89. The summed E-state index contributed by atoms with van der Waals surface area (Å²) in [6, 6.07) is 12.3. The molecule has 1 fully saturated rings. The van der Waals surface area contributed by atoms with Crippen LogP contribution in [0.3, 0.4) is 0 Å². The zero-order valence-corrected chi connectivity index (χ0v) is 25.5. The van der Waals surface area contributed by atoms with Gasteiger partial charge in [0.15, 0.2) is 0 Å². The van der Waals surface area contributed by atoms with Gasteiger partial charge in [-0.15, -0.1) is 0 Å². The van der Waals surface area contributed by atoms with E-state index in [0.717, 1.165) is 48.9 Å². The predicted molar refractivity (Wildman–Crippen MR) is 159 cm³/mol. The van der Waals surface area contributed by atoms with Gasteiger partial charge in [-0.3, -0.25) is 0 Å². The fourth-order valence-corrected chi connectivity index (χ4v) is 6.27. The molecule has 3 aromatic rings. The van der Waals surface area contributed by atoms with E-state index in [1.54, 1.807) is 7.11 Å². The minimum Gasteiger partial charge on any atom is -0.475 e. The average Bonchev–Trinajstić information content (AvgIpc) is 2.95. The van der Waals surface area contributed by atoms with E-state index in [1.807, 2.05) is 24.3 Å². The number of methoxy groups -OCH3 is 1. The first-order valence-electron chi connectivity index (χ1n) is 13.3. The summed E-state index contributed by atoms with van der Waals surface area (Å²) in [6.07, 6.45) is -1.16. The molecule has 4 rings (SSSR count). The maximum Gasteiger partial charge on any atom is 0.490 e. The monoisotopic (exact) mass is 665 g/mol. The van der Waals surface area contributed by atoms with Gasteiger partial charge in [0.05, 0.1) is 17.0 Å². The van der Waals surface area contributed by atoms with E-state index in [2.05, 4.69) is 25.3 Å². The number of sulfonamides is 1. The molecule has 0 spiro atoms. The Balaban J connectivity index is 0.000000646. The van der Waals surface area contributed by atoms with Crippen LogP contribution in [0.1, 0.15) is 25.7 Å². The van der Waals surface area contributed by atoms with Crippen LogP contribution in [0.2, 0.25) is 10.0 Å². The Morgan fingerprint density at radius 2 is 1.58 bits per heavy atom. The number of hydrogen-bond acceptors (Lipinski definition) is 8. The number of fused-ring (bicyclic) bond motifs is 1. The standard InChI is InChI=1S/C25H31Cl2N5O3S.C2HF3O2/c1-35-11-10-28-24-22-4-2-3-5-23(22)31-25(32-24)29-15-17-6-8-18(9-7-17)16-30-36(33,34)21-13-19(26)12-20(27)14-21;3-2(4,5)1(6)7/h2-5,12-14,17-18,30H,6-11,15-16H2,1H3,(H2,28,29,31,32);(H,6,7). The number of carboxylic acid groups (broad SMARTS) is 1. The Bertz CT molecular complexity index is 1470. The SMILES string of the molecule is COCCNc1nc(NCC2CCC(CNS(=O)(=O)c3cc(Cl)cc(Cl)c3)CC2)nc2ccccc12.O=C(O)C(F)(F)F. The number of para-hydroxylation sites is 1. The van der Waals surface area contributed by atoms with Gasteiger partial charge in [0.2, 0.25) is 16.0 Å². The van der Waals surface area contributed by atoms with Crippen molar-refractivity contribution in [2.75, 3.05) is 44.0 Å². The molecule has 1 heterocycles. The first-order valence-corrected chi connectivity index (χ1v) is 15.5. The number of aliphatic carboxylic acids is 1. The van der Waals surface area contributed by atoms with Gasteiger partial charge in [-0.2, -0.15) is 18.2 Å². The van der Waals surface area contributed by atoms with Crippen molar-refractivity contribution >= 4 is 61.9 Å². The number of halogens is 5. The number of benzene rings is 2. The number of carboxylic acids is 1. The Labute approximate surface area is 257 Å². The lowest BCUT2D eigenvalue weighted by molar-refractivity contribution is -0.192. The average molecular weight is 667 g/mol. The normalized spacial score (nSPS) is 17.2. The summed E-state index contributed by atoms with van der Waals surface area (Å²) in [5.41, 5.74) is 0.881. The number of carbonyl (C=O) groups is 1. The highest BCUT2D eigenvalue weighted by Gasteiger charge is 2.38. The molecule has 0 aliphatic heterocycles. The molecule has 0 atom stereocenters. The molecule has 10 nitrogen and oxygen atoms in total. The lowest BCUT2D eigenvalue weighted by Gasteiger charge is -2.28. The zero-order chi connectivity index (χ0) is 31.6. The van der Waals surface area contributed by atoms with Crippen molar-refractivity contribution in [1.82, 2.24) is 14.7 Å². The lowest BCUT2D eigenvalue weighted by atomic mass is 9.82. The van der Waals surface area contributed by atoms with Crippen molar-refractivity contribution < 1.29 is 36.2 Å². The third kappa shape index (κ3) is 10.9. The van der Waals surface area contributed by atoms with Gasteiger partial charge in [-0.05, 0) is 67.9 Å². The summed E-state index contributed by atoms with van der Waals surface area (Å²) in [7, 11) is -1.98. The van der Waals surface area contributed by atoms with E-state index >= 15 is 0 Å². The quantitative estimate of drug-likeness (QED) is 0.186. The number of alkyl halides is 3. The first-order chi connectivity index (χ1) is 20.3. The predicted octanol–water partition coefficient (Wildman–Crippen LogP) is 5.83. The summed E-state index contributed by atoms with van der Waals surface area (Å²) < 4.78 is 64.9. The first kappa shape index (κ1) is 34.6. The maximum absolute atomic E-state index is 12.6. The molecule has 0 bridgehead atoms. The number of ether oxygens (including phenoxy) is 1. The molecule has 1 aromatic heterocycles. The van der Waals surface area contributed by atoms with Crippen molar-refractivity contribution in [3.63, 3.8) is 0 Å². The fraction of sp³-hybridized carbons (Fsp3) is 0.444. The number of nitrogens with zero attached hydrogens (tertiary/aromatic N) is 2. The van der Waals surface area contributed by atoms with Crippen molar-refractivity contribution in [1.29, 1.82) is 0 Å². The molecule has 0 amide bonds. The van der Waals surface area contributed by atoms with Crippen LogP contribution in [0.5, 0.6) is 0 Å². The Kier molecular flexibility index (Phi) is 12.6. The third-order valence-electron chi connectivity index (χ3n) is 6.67. The largest absolute Gasteiger partial charge is 0.490 e. The van der Waals surface area contributed by atoms with Crippen molar-refractivity contribution in [3.8, 4) is 0 Å². The summed E-state index contributed by atoms with van der Waals surface area (Å²) in [5, 5.41) is 15.4. The molecule has 0 unspecified atom stereocenters. The molecular weight excluding hydrogens is 634 g/mol. The summed E-state index contributed by atoms with van der Waals surface area (Å²) >= 11 is 11.9. The van der Waals surface area contributed by atoms with Crippen molar-refractivity contribution in [3.05, 3.63) is 52.5 Å². The topological polar surface area (TPSA) is 143 Å². The van der Waals surface area contributed by atoms with Crippen LogP contribution in [0, 0.1) is 11.8 Å². The van der Waals surface area contributed by atoms with Gasteiger partial charge in [0, 0.05) is 42.2 Å². The smallest absolute Gasteiger partial charge is 0.475 e. The van der Waals surface area contributed by atoms with Crippen molar-refractivity contribution in [2.24, 2.45) is 11.8 Å². The van der Waals surface area contributed by atoms with Gasteiger partial charge in [-0.1, -0.05) is 35.3 Å². The van der Waals surface area contributed by atoms with Crippen LogP contribution < -0.4 is 15.4 Å². The van der Waals surface area contributed by atoms with Gasteiger partial charge in [-0.25, -0.2) is 22.9 Å². The summed E-state index contributed by atoms with van der Waals surface area (Å²) in [4.78, 5) is 18.3. The number of rotatable bonds is 11. The third-order valence-corrected chi connectivity index (χ3v) is 8.51. The van der Waals surface area contributed by atoms with E-state index in [0.29, 0.717) is 47.5 Å². The van der Waals surface area contributed by atoms with Crippen LogP contribution >= 0.6 is 23.2 Å².